The van der Waals surface area contributed by atoms with Crippen molar-refractivity contribution in [1.82, 2.24) is 4.98 Å². The van der Waals surface area contributed by atoms with Gasteiger partial charge in [0.05, 0.1) is 0 Å². The number of fused-ring (bicyclic) bond motifs is 3. The van der Waals surface area contributed by atoms with Crippen LogP contribution in [-0.2, 0) is 6.42 Å². The molecule has 3 heteroatoms. The molecule has 0 aliphatic carbocycles. The van der Waals surface area contributed by atoms with Crippen molar-refractivity contribution < 1.29 is 4.42 Å². The normalized spacial score (nSPS) is 13.2. The highest BCUT2D eigenvalue weighted by atomic mass is 16.3. The van der Waals surface area contributed by atoms with Crippen molar-refractivity contribution in [2.75, 3.05) is 7.05 Å². The van der Waals surface area contributed by atoms with Crippen molar-refractivity contribution >= 4 is 39.4 Å². The monoisotopic (exact) mass is 422 g/mol. The molecule has 0 amide bonds. The number of benzene rings is 2. The molecule has 4 rings (SSSR count). The quantitative estimate of drug-likeness (QED) is 0.236. The maximum atomic E-state index is 6.21. The lowest BCUT2D eigenvalue weighted by Crippen LogP contribution is -1.94. The van der Waals surface area contributed by atoms with Gasteiger partial charge in [-0.25, -0.2) is 4.98 Å². The second-order valence-corrected chi connectivity index (χ2v) is 8.74. The van der Waals surface area contributed by atoms with Gasteiger partial charge >= 0.3 is 0 Å². The summed E-state index contributed by atoms with van der Waals surface area (Å²) in [5.74, 6) is 0.645. The van der Waals surface area contributed by atoms with Crippen LogP contribution in [-0.4, -0.2) is 18.2 Å². The first-order chi connectivity index (χ1) is 15.5. The second-order valence-electron chi connectivity index (χ2n) is 8.74. The van der Waals surface area contributed by atoms with Gasteiger partial charge in [0.1, 0.15) is 5.58 Å². The van der Waals surface area contributed by atoms with Gasteiger partial charge in [-0.05, 0) is 72.2 Å². The van der Waals surface area contributed by atoms with E-state index >= 15 is 0 Å². The van der Waals surface area contributed by atoms with E-state index in [0.717, 1.165) is 39.5 Å². The van der Waals surface area contributed by atoms with E-state index in [1.165, 1.54) is 16.7 Å². The summed E-state index contributed by atoms with van der Waals surface area (Å²) in [6.07, 6.45) is 9.00. The predicted octanol–water partition coefficient (Wildman–Crippen LogP) is 7.68. The molecule has 4 aromatic rings. The van der Waals surface area contributed by atoms with E-state index in [4.69, 9.17) is 4.42 Å². The fraction of sp³-hybridized carbons (Fsp3) is 0.241. The zero-order valence-corrected chi connectivity index (χ0v) is 19.5. The van der Waals surface area contributed by atoms with Gasteiger partial charge in [-0.15, -0.1) is 0 Å². The van der Waals surface area contributed by atoms with Crippen LogP contribution in [0.25, 0.3) is 33.2 Å². The number of aliphatic imine (C=N–C) groups is 1. The molecule has 0 unspecified atom stereocenters. The Morgan fingerprint density at radius 1 is 1.06 bits per heavy atom. The van der Waals surface area contributed by atoms with E-state index in [-0.39, 0.29) is 0 Å². The summed E-state index contributed by atoms with van der Waals surface area (Å²) >= 11 is 0. The van der Waals surface area contributed by atoms with Crippen molar-refractivity contribution in [3.05, 3.63) is 89.1 Å². The predicted molar refractivity (Wildman–Crippen MR) is 137 cm³/mol. The Kier molecular flexibility index (Phi) is 6.36. The van der Waals surface area contributed by atoms with Crippen LogP contribution in [0.15, 0.2) is 76.3 Å². The molecule has 2 aromatic heterocycles. The van der Waals surface area contributed by atoms with Crippen LogP contribution >= 0.6 is 0 Å². The Balaban J connectivity index is 1.81. The molecule has 32 heavy (non-hydrogen) atoms. The summed E-state index contributed by atoms with van der Waals surface area (Å²) in [7, 11) is 1.79. The number of furan rings is 1. The maximum Gasteiger partial charge on any atom is 0.227 e. The SMILES string of the molecule is CN=C/C=C(\C=C(/C)c1c(C)ccc2c1oc1ncccc12)c1ccc(CC(C)C)cc1. The Hall–Kier alpha value is -3.46. The number of aryl methyl sites for hydroxylation is 1. The molecule has 0 bridgehead atoms. The van der Waals surface area contributed by atoms with Crippen LogP contribution in [0, 0.1) is 12.8 Å². The molecule has 0 aliphatic rings. The van der Waals surface area contributed by atoms with E-state index < -0.39 is 0 Å². The summed E-state index contributed by atoms with van der Waals surface area (Å²) < 4.78 is 6.21. The van der Waals surface area contributed by atoms with E-state index in [2.05, 4.69) is 92.3 Å². The highest BCUT2D eigenvalue weighted by Gasteiger charge is 2.15. The standard InChI is InChI=1S/C29H30N2O/c1-19(2)17-22-9-11-23(12-10-22)24(14-16-30-5)18-21(4)27-20(3)8-13-25-26-7-6-15-31-29(26)32-28(25)27/h6-16,18-19H,17H2,1-5H3/b21-18+,24-14+,30-16?. The molecule has 2 heterocycles. The molecular formula is C29H30N2O. The summed E-state index contributed by atoms with van der Waals surface area (Å²) in [5, 5.41) is 2.14. The van der Waals surface area contributed by atoms with Crippen LogP contribution in [0.4, 0.5) is 0 Å². The van der Waals surface area contributed by atoms with Crippen molar-refractivity contribution in [3.8, 4) is 0 Å². The fourth-order valence-corrected chi connectivity index (χ4v) is 4.26. The van der Waals surface area contributed by atoms with Crippen molar-refractivity contribution in [2.45, 2.75) is 34.1 Å². The third-order valence-corrected chi connectivity index (χ3v) is 5.73. The summed E-state index contributed by atoms with van der Waals surface area (Å²) in [4.78, 5) is 8.59. The van der Waals surface area contributed by atoms with Crippen LogP contribution in [0.3, 0.4) is 0 Å². The summed E-state index contributed by atoms with van der Waals surface area (Å²) in [6, 6.07) is 17.2. The van der Waals surface area contributed by atoms with Crippen molar-refractivity contribution in [2.24, 2.45) is 10.9 Å². The number of hydrogen-bond donors (Lipinski definition) is 0. The fourth-order valence-electron chi connectivity index (χ4n) is 4.26. The zero-order chi connectivity index (χ0) is 22.7. The van der Waals surface area contributed by atoms with Gasteiger partial charge in [0.2, 0.25) is 5.71 Å². The molecular weight excluding hydrogens is 392 g/mol. The van der Waals surface area contributed by atoms with Gasteiger partial charge in [0.15, 0.2) is 0 Å². The number of allylic oxidation sites excluding steroid dienone is 4. The van der Waals surface area contributed by atoms with Crippen molar-refractivity contribution in [3.63, 3.8) is 0 Å². The largest absolute Gasteiger partial charge is 0.437 e. The minimum atomic E-state index is 0.645. The second kappa shape index (κ2) is 9.35. The summed E-state index contributed by atoms with van der Waals surface area (Å²) in [5.41, 5.74) is 8.68. The molecule has 0 spiro atoms. The van der Waals surface area contributed by atoms with Crippen LogP contribution in [0.2, 0.25) is 0 Å². The number of rotatable bonds is 6. The Labute approximate surface area is 190 Å². The highest BCUT2D eigenvalue weighted by molar-refractivity contribution is 6.08. The molecule has 0 saturated carbocycles. The minimum absolute atomic E-state index is 0.645. The molecule has 0 radical (unpaired) electrons. The third kappa shape index (κ3) is 4.43. The van der Waals surface area contributed by atoms with Gasteiger partial charge in [0, 0.05) is 35.8 Å². The molecule has 0 aliphatic heterocycles. The van der Waals surface area contributed by atoms with Crippen LogP contribution in [0.5, 0.6) is 0 Å². The number of pyridine rings is 1. The lowest BCUT2D eigenvalue weighted by molar-refractivity contribution is 0.647. The lowest BCUT2D eigenvalue weighted by atomic mass is 9.94. The van der Waals surface area contributed by atoms with Gasteiger partial charge in [0.25, 0.3) is 0 Å². The number of aromatic nitrogens is 1. The van der Waals surface area contributed by atoms with E-state index in [1.54, 1.807) is 13.2 Å². The van der Waals surface area contributed by atoms with Gasteiger partial charge in [-0.2, -0.15) is 0 Å². The Morgan fingerprint density at radius 3 is 2.56 bits per heavy atom. The first kappa shape index (κ1) is 21.8. The van der Waals surface area contributed by atoms with Crippen LogP contribution < -0.4 is 0 Å². The molecule has 3 nitrogen and oxygen atoms in total. The third-order valence-electron chi connectivity index (χ3n) is 5.73. The minimum Gasteiger partial charge on any atom is -0.437 e. The number of nitrogens with zero attached hydrogens (tertiary/aromatic N) is 2. The lowest BCUT2D eigenvalue weighted by Gasteiger charge is -2.11. The zero-order valence-electron chi connectivity index (χ0n) is 19.5. The topological polar surface area (TPSA) is 38.4 Å². The molecule has 0 saturated heterocycles. The molecule has 0 N–H and O–H groups in total. The van der Waals surface area contributed by atoms with Gasteiger partial charge < -0.3 is 4.42 Å². The van der Waals surface area contributed by atoms with Crippen LogP contribution in [0.1, 0.15) is 43.0 Å². The average molecular weight is 423 g/mol. The molecule has 0 fully saturated rings. The van der Waals surface area contributed by atoms with E-state index in [1.807, 2.05) is 12.3 Å². The number of hydrogen-bond acceptors (Lipinski definition) is 3. The van der Waals surface area contributed by atoms with E-state index in [0.29, 0.717) is 11.6 Å². The highest BCUT2D eigenvalue weighted by Crippen LogP contribution is 2.35. The smallest absolute Gasteiger partial charge is 0.227 e. The average Bonchev–Trinajstić information content (AvgIpc) is 3.15. The Bertz CT molecular complexity index is 1340. The Morgan fingerprint density at radius 2 is 1.84 bits per heavy atom. The van der Waals surface area contributed by atoms with E-state index in [9.17, 15) is 0 Å². The molecule has 2 aromatic carbocycles. The molecule has 162 valence electrons. The first-order valence-corrected chi connectivity index (χ1v) is 11.1. The van der Waals surface area contributed by atoms with Gasteiger partial charge in [-0.3, -0.25) is 4.99 Å². The summed E-state index contributed by atoms with van der Waals surface area (Å²) in [6.45, 7) is 8.77. The first-order valence-electron chi connectivity index (χ1n) is 11.1. The molecule has 0 atom stereocenters. The maximum absolute atomic E-state index is 6.21. The van der Waals surface area contributed by atoms with Crippen molar-refractivity contribution in [1.29, 1.82) is 0 Å². The van der Waals surface area contributed by atoms with Gasteiger partial charge in [-0.1, -0.05) is 56.3 Å².